The lowest BCUT2D eigenvalue weighted by atomic mass is 9.99. The summed E-state index contributed by atoms with van der Waals surface area (Å²) in [6.45, 7) is 5.35. The van der Waals surface area contributed by atoms with E-state index < -0.39 is 0 Å². The quantitative estimate of drug-likeness (QED) is 0.708. The van der Waals surface area contributed by atoms with Crippen LogP contribution in [0.4, 0.5) is 4.39 Å². The van der Waals surface area contributed by atoms with Gasteiger partial charge in [0.05, 0.1) is 5.52 Å². The van der Waals surface area contributed by atoms with Crippen LogP contribution >= 0.6 is 0 Å². The molecule has 1 saturated heterocycles. The maximum atomic E-state index is 13.5. The highest BCUT2D eigenvalue weighted by Gasteiger charge is 2.22. The molecule has 7 heteroatoms. The molecule has 6 nitrogen and oxygen atoms in total. The summed E-state index contributed by atoms with van der Waals surface area (Å²) in [6.07, 6.45) is 1.98. The summed E-state index contributed by atoms with van der Waals surface area (Å²) in [4.78, 5) is 27.2. The summed E-state index contributed by atoms with van der Waals surface area (Å²) >= 11 is 0. The van der Waals surface area contributed by atoms with Crippen molar-refractivity contribution in [3.8, 4) is 0 Å². The van der Waals surface area contributed by atoms with E-state index in [9.17, 15) is 14.0 Å². The number of likely N-dealkylation sites (tertiary alicyclic amines) is 1. The highest BCUT2D eigenvalue weighted by molar-refractivity contribution is 5.87. The number of amides is 1. The minimum absolute atomic E-state index is 0.0690. The summed E-state index contributed by atoms with van der Waals surface area (Å²) in [5.41, 5.74) is 0.788. The summed E-state index contributed by atoms with van der Waals surface area (Å²) < 4.78 is 16.4. The lowest BCUT2D eigenvalue weighted by molar-refractivity contribution is -0.133. The number of hydrogen-bond acceptors (Lipinski definition) is 3. The van der Waals surface area contributed by atoms with Crippen LogP contribution in [0.15, 0.2) is 29.1 Å². The van der Waals surface area contributed by atoms with Crippen LogP contribution in [0, 0.1) is 18.7 Å². The van der Waals surface area contributed by atoms with Crippen molar-refractivity contribution in [1.82, 2.24) is 19.1 Å². The number of aromatic nitrogens is 3. The van der Waals surface area contributed by atoms with Crippen molar-refractivity contribution in [3.63, 3.8) is 0 Å². The third kappa shape index (κ3) is 2.77. The molecule has 0 bridgehead atoms. The van der Waals surface area contributed by atoms with Gasteiger partial charge in [-0.05, 0) is 49.9 Å². The SMILES string of the molecule is Cc1nn(CC(=O)N2CCC(C)CC2)c(=O)c2cc3cc(F)ccc3n12. The highest BCUT2D eigenvalue weighted by atomic mass is 19.1. The fraction of sp³-hybridized carbons (Fsp3) is 0.421. The molecule has 3 heterocycles. The van der Waals surface area contributed by atoms with Crippen molar-refractivity contribution in [3.05, 3.63) is 46.3 Å². The average molecular weight is 356 g/mol. The number of benzene rings is 1. The van der Waals surface area contributed by atoms with Gasteiger partial charge in [-0.15, -0.1) is 0 Å². The smallest absolute Gasteiger partial charge is 0.291 e. The normalized spacial score (nSPS) is 15.9. The molecule has 4 rings (SSSR count). The molecule has 1 aliphatic rings. The predicted octanol–water partition coefficient (Wildman–Crippen LogP) is 2.36. The van der Waals surface area contributed by atoms with Gasteiger partial charge in [-0.25, -0.2) is 9.07 Å². The minimum atomic E-state index is -0.353. The fourth-order valence-electron chi connectivity index (χ4n) is 3.68. The van der Waals surface area contributed by atoms with E-state index in [0.717, 1.165) is 31.4 Å². The van der Waals surface area contributed by atoms with Crippen molar-refractivity contribution in [1.29, 1.82) is 0 Å². The molecule has 0 atom stereocenters. The number of halogens is 1. The lowest BCUT2D eigenvalue weighted by Gasteiger charge is -2.30. The molecular weight excluding hydrogens is 335 g/mol. The third-order valence-corrected chi connectivity index (χ3v) is 5.23. The Morgan fingerprint density at radius 2 is 1.96 bits per heavy atom. The van der Waals surface area contributed by atoms with Gasteiger partial charge in [-0.2, -0.15) is 5.10 Å². The van der Waals surface area contributed by atoms with Gasteiger partial charge in [0.2, 0.25) is 5.91 Å². The monoisotopic (exact) mass is 356 g/mol. The molecule has 1 aliphatic heterocycles. The Morgan fingerprint density at radius 1 is 1.23 bits per heavy atom. The van der Waals surface area contributed by atoms with E-state index in [1.165, 1.54) is 16.8 Å². The van der Waals surface area contributed by atoms with Crippen molar-refractivity contribution >= 4 is 22.3 Å². The number of nitrogens with zero attached hydrogens (tertiary/aromatic N) is 4. The van der Waals surface area contributed by atoms with Crippen LogP contribution in [0.5, 0.6) is 0 Å². The molecule has 0 saturated carbocycles. The molecule has 0 aliphatic carbocycles. The molecule has 1 aromatic carbocycles. The first-order valence-electron chi connectivity index (χ1n) is 8.90. The van der Waals surface area contributed by atoms with Gasteiger partial charge in [0.15, 0.2) is 0 Å². The zero-order valence-electron chi connectivity index (χ0n) is 14.9. The summed E-state index contributed by atoms with van der Waals surface area (Å²) in [5, 5.41) is 4.96. The van der Waals surface area contributed by atoms with Crippen LogP contribution in [0.2, 0.25) is 0 Å². The number of rotatable bonds is 2. The zero-order chi connectivity index (χ0) is 18.4. The third-order valence-electron chi connectivity index (χ3n) is 5.23. The average Bonchev–Trinajstić information content (AvgIpc) is 2.99. The van der Waals surface area contributed by atoms with E-state index in [0.29, 0.717) is 22.6 Å². The van der Waals surface area contributed by atoms with Gasteiger partial charge >= 0.3 is 0 Å². The second kappa shape index (κ2) is 6.23. The lowest BCUT2D eigenvalue weighted by Crippen LogP contribution is -2.42. The maximum Gasteiger partial charge on any atom is 0.291 e. The van der Waals surface area contributed by atoms with Crippen molar-refractivity contribution in [2.24, 2.45) is 5.92 Å². The van der Waals surface area contributed by atoms with Crippen LogP contribution in [0.25, 0.3) is 16.4 Å². The predicted molar refractivity (Wildman–Crippen MR) is 96.6 cm³/mol. The van der Waals surface area contributed by atoms with Gasteiger partial charge in [0.1, 0.15) is 23.7 Å². The van der Waals surface area contributed by atoms with Crippen LogP contribution in [-0.4, -0.2) is 38.1 Å². The maximum absolute atomic E-state index is 13.5. The Hall–Kier alpha value is -2.70. The second-order valence-electron chi connectivity index (χ2n) is 7.14. The molecule has 2 aromatic heterocycles. The van der Waals surface area contributed by atoms with E-state index in [2.05, 4.69) is 12.0 Å². The number of carbonyl (C=O) groups excluding carboxylic acids is 1. The van der Waals surface area contributed by atoms with E-state index in [-0.39, 0.29) is 23.8 Å². The minimum Gasteiger partial charge on any atom is -0.341 e. The Balaban J connectivity index is 1.72. The van der Waals surface area contributed by atoms with Gasteiger partial charge in [-0.1, -0.05) is 6.92 Å². The van der Waals surface area contributed by atoms with Gasteiger partial charge in [0.25, 0.3) is 5.56 Å². The van der Waals surface area contributed by atoms with Crippen LogP contribution < -0.4 is 5.56 Å². The molecule has 0 radical (unpaired) electrons. The molecule has 0 spiro atoms. The highest BCUT2D eigenvalue weighted by Crippen LogP contribution is 2.20. The Bertz CT molecular complexity index is 1060. The fourth-order valence-corrected chi connectivity index (χ4v) is 3.68. The van der Waals surface area contributed by atoms with E-state index in [1.54, 1.807) is 28.4 Å². The van der Waals surface area contributed by atoms with Gasteiger partial charge < -0.3 is 4.90 Å². The first-order chi connectivity index (χ1) is 12.4. The molecule has 0 unspecified atom stereocenters. The largest absolute Gasteiger partial charge is 0.341 e. The van der Waals surface area contributed by atoms with Crippen LogP contribution in [-0.2, 0) is 11.3 Å². The van der Waals surface area contributed by atoms with E-state index in [1.807, 2.05) is 0 Å². The standard InChI is InChI=1S/C19H21FN4O2/c1-12-5-7-22(8-6-12)18(25)11-23-19(26)17-10-14-9-15(20)3-4-16(14)24(17)13(2)21-23/h3-4,9-10,12H,5-8,11H2,1-2H3. The Labute approximate surface area is 149 Å². The molecule has 3 aromatic rings. The zero-order valence-corrected chi connectivity index (χ0v) is 14.9. The Kier molecular flexibility index (Phi) is 4.01. The number of piperidine rings is 1. The first kappa shape index (κ1) is 16.8. The number of fused-ring (bicyclic) bond motifs is 3. The molecule has 1 amide bonds. The second-order valence-corrected chi connectivity index (χ2v) is 7.14. The number of aryl methyl sites for hydroxylation is 1. The van der Waals surface area contributed by atoms with E-state index in [4.69, 9.17) is 0 Å². The Morgan fingerprint density at radius 3 is 2.69 bits per heavy atom. The van der Waals surface area contributed by atoms with Crippen LogP contribution in [0.3, 0.4) is 0 Å². The van der Waals surface area contributed by atoms with Crippen LogP contribution in [0.1, 0.15) is 25.6 Å². The van der Waals surface area contributed by atoms with Crippen molar-refractivity contribution in [2.75, 3.05) is 13.1 Å². The van der Waals surface area contributed by atoms with Crippen molar-refractivity contribution in [2.45, 2.75) is 33.2 Å². The molecular formula is C19H21FN4O2. The summed E-state index contributed by atoms with van der Waals surface area (Å²) in [5.74, 6) is 0.777. The molecule has 136 valence electrons. The van der Waals surface area contributed by atoms with E-state index >= 15 is 0 Å². The summed E-state index contributed by atoms with van der Waals surface area (Å²) in [6, 6.07) is 6.04. The molecule has 1 fully saturated rings. The topological polar surface area (TPSA) is 59.6 Å². The van der Waals surface area contributed by atoms with Gasteiger partial charge in [0, 0.05) is 18.5 Å². The van der Waals surface area contributed by atoms with Gasteiger partial charge in [-0.3, -0.25) is 14.0 Å². The molecule has 0 N–H and O–H groups in total. The number of hydrogen-bond donors (Lipinski definition) is 0. The van der Waals surface area contributed by atoms with Crippen molar-refractivity contribution < 1.29 is 9.18 Å². The summed E-state index contributed by atoms with van der Waals surface area (Å²) in [7, 11) is 0. The first-order valence-corrected chi connectivity index (χ1v) is 8.90. The molecule has 26 heavy (non-hydrogen) atoms. The number of carbonyl (C=O) groups is 1.